The minimum Gasteiger partial charge on any atom is -0.353 e. The van der Waals surface area contributed by atoms with Crippen molar-refractivity contribution >= 4 is 27.7 Å². The Kier molecular flexibility index (Phi) is 6.56. The quantitative estimate of drug-likeness (QED) is 0.772. The molecular weight excluding hydrogens is 376 g/mol. The Morgan fingerprint density at radius 2 is 1.83 bits per heavy atom. The summed E-state index contributed by atoms with van der Waals surface area (Å²) in [4.78, 5) is 39.7. The minimum absolute atomic E-state index is 0.00506. The molecule has 2 rings (SSSR count). The van der Waals surface area contributed by atoms with Crippen LogP contribution in [0.3, 0.4) is 0 Å². The van der Waals surface area contributed by atoms with Crippen molar-refractivity contribution in [3.05, 3.63) is 33.2 Å². The van der Waals surface area contributed by atoms with Crippen molar-refractivity contribution in [1.29, 1.82) is 0 Å². The number of nitrogens with one attached hydrogen (secondary N) is 1. The third-order valence-corrected chi connectivity index (χ3v) is 4.26. The lowest BCUT2D eigenvalue weighted by Crippen LogP contribution is -2.52. The van der Waals surface area contributed by atoms with Gasteiger partial charge in [0.25, 0.3) is 5.56 Å². The van der Waals surface area contributed by atoms with Crippen molar-refractivity contribution in [1.82, 2.24) is 19.7 Å². The number of hydrogen-bond donors (Lipinski definition) is 1. The van der Waals surface area contributed by atoms with Crippen LogP contribution in [-0.2, 0) is 16.1 Å². The summed E-state index contributed by atoms with van der Waals surface area (Å²) in [6.07, 6.45) is 1.62. The second kappa shape index (κ2) is 8.43. The number of hydrogen-bond acceptors (Lipinski definition) is 4. The van der Waals surface area contributed by atoms with E-state index in [-0.39, 0.29) is 30.0 Å². The van der Waals surface area contributed by atoms with Gasteiger partial charge in [-0.2, -0.15) is 0 Å². The van der Waals surface area contributed by atoms with Gasteiger partial charge >= 0.3 is 0 Å². The molecule has 2 heterocycles. The zero-order chi connectivity index (χ0) is 17.7. The van der Waals surface area contributed by atoms with E-state index in [9.17, 15) is 14.4 Å². The normalized spacial score (nSPS) is 15.6. The number of nitrogens with zero attached hydrogens (tertiary/aromatic N) is 3. The maximum Gasteiger partial charge on any atom is 0.251 e. The van der Waals surface area contributed by atoms with E-state index in [2.05, 4.69) is 21.2 Å². The molecule has 0 radical (unpaired) electrons. The van der Waals surface area contributed by atoms with Crippen LogP contribution in [0.1, 0.15) is 13.8 Å². The van der Waals surface area contributed by atoms with Crippen LogP contribution in [0.4, 0.5) is 0 Å². The summed E-state index contributed by atoms with van der Waals surface area (Å²) in [6.45, 7) is 6.69. The number of pyridine rings is 1. The van der Waals surface area contributed by atoms with E-state index in [0.717, 1.165) is 4.47 Å². The molecule has 0 saturated carbocycles. The number of carbonyl (C=O) groups is 2. The van der Waals surface area contributed by atoms with Crippen molar-refractivity contribution in [3.8, 4) is 0 Å². The highest BCUT2D eigenvalue weighted by molar-refractivity contribution is 9.10. The van der Waals surface area contributed by atoms with E-state index in [0.29, 0.717) is 32.7 Å². The summed E-state index contributed by atoms with van der Waals surface area (Å²) < 4.78 is 2.16. The molecule has 24 heavy (non-hydrogen) atoms. The van der Waals surface area contributed by atoms with Gasteiger partial charge in [0.05, 0.1) is 6.54 Å². The maximum atomic E-state index is 12.4. The Morgan fingerprint density at radius 3 is 2.46 bits per heavy atom. The molecule has 0 atom stereocenters. The average molecular weight is 399 g/mol. The molecule has 1 aliphatic heterocycles. The monoisotopic (exact) mass is 398 g/mol. The van der Waals surface area contributed by atoms with Gasteiger partial charge < -0.3 is 14.8 Å². The SMILES string of the molecule is CC(C)NC(=O)CN1CCN(C(=O)Cn2cc(Br)ccc2=O)CC1. The smallest absolute Gasteiger partial charge is 0.251 e. The molecule has 0 spiro atoms. The van der Waals surface area contributed by atoms with Gasteiger partial charge in [-0.25, -0.2) is 0 Å². The number of rotatable bonds is 5. The van der Waals surface area contributed by atoms with Crippen LogP contribution in [0.5, 0.6) is 0 Å². The van der Waals surface area contributed by atoms with Gasteiger partial charge in [-0.3, -0.25) is 19.3 Å². The molecule has 1 aliphatic rings. The molecule has 7 nitrogen and oxygen atoms in total. The van der Waals surface area contributed by atoms with Gasteiger partial charge in [-0.15, -0.1) is 0 Å². The molecule has 0 aromatic carbocycles. The van der Waals surface area contributed by atoms with Crippen LogP contribution in [0.15, 0.2) is 27.6 Å². The summed E-state index contributed by atoms with van der Waals surface area (Å²) in [5.74, 6) is -0.0769. The average Bonchev–Trinajstić information content (AvgIpc) is 2.50. The summed E-state index contributed by atoms with van der Waals surface area (Å²) in [5.41, 5.74) is -0.199. The van der Waals surface area contributed by atoms with E-state index in [1.807, 2.05) is 18.7 Å². The first-order valence-electron chi connectivity index (χ1n) is 8.00. The maximum absolute atomic E-state index is 12.4. The largest absolute Gasteiger partial charge is 0.353 e. The molecule has 1 aromatic rings. The van der Waals surface area contributed by atoms with Crippen LogP contribution in [0.25, 0.3) is 0 Å². The molecule has 1 saturated heterocycles. The van der Waals surface area contributed by atoms with Gasteiger partial charge in [0.2, 0.25) is 11.8 Å². The third-order valence-electron chi connectivity index (χ3n) is 3.79. The first kappa shape index (κ1) is 18.7. The topological polar surface area (TPSA) is 74.7 Å². The van der Waals surface area contributed by atoms with E-state index in [1.165, 1.54) is 10.6 Å². The second-order valence-corrected chi connectivity index (χ2v) is 7.11. The van der Waals surface area contributed by atoms with Crippen LogP contribution in [0.2, 0.25) is 0 Å². The summed E-state index contributed by atoms with van der Waals surface area (Å²) in [7, 11) is 0. The summed E-state index contributed by atoms with van der Waals surface area (Å²) >= 11 is 3.30. The number of aromatic nitrogens is 1. The molecule has 132 valence electrons. The van der Waals surface area contributed by atoms with Crippen LogP contribution in [0, 0.1) is 0 Å². The van der Waals surface area contributed by atoms with Crippen molar-refractivity contribution in [3.63, 3.8) is 0 Å². The number of carbonyl (C=O) groups excluding carboxylic acids is 2. The number of halogens is 1. The lowest BCUT2D eigenvalue weighted by Gasteiger charge is -2.34. The Hall–Kier alpha value is -1.67. The van der Waals surface area contributed by atoms with E-state index in [4.69, 9.17) is 0 Å². The minimum atomic E-state index is -0.199. The second-order valence-electron chi connectivity index (χ2n) is 6.19. The summed E-state index contributed by atoms with van der Waals surface area (Å²) in [5, 5.41) is 2.86. The van der Waals surface area contributed by atoms with Gasteiger partial charge in [0.1, 0.15) is 6.54 Å². The fourth-order valence-corrected chi connectivity index (χ4v) is 2.98. The van der Waals surface area contributed by atoms with Crippen LogP contribution in [-0.4, -0.2) is 64.9 Å². The van der Waals surface area contributed by atoms with Crippen LogP contribution >= 0.6 is 15.9 Å². The number of piperazine rings is 1. The fraction of sp³-hybridized carbons (Fsp3) is 0.562. The lowest BCUT2D eigenvalue weighted by molar-refractivity contribution is -0.134. The molecule has 1 aromatic heterocycles. The molecule has 1 N–H and O–H groups in total. The van der Waals surface area contributed by atoms with E-state index >= 15 is 0 Å². The van der Waals surface area contributed by atoms with Gasteiger partial charge in [0.15, 0.2) is 0 Å². The summed E-state index contributed by atoms with van der Waals surface area (Å²) in [6, 6.07) is 3.22. The molecule has 8 heteroatoms. The van der Waals surface area contributed by atoms with Crippen molar-refractivity contribution < 1.29 is 9.59 Å². The number of amides is 2. The van der Waals surface area contributed by atoms with Gasteiger partial charge in [0, 0.05) is 49.0 Å². The predicted molar refractivity (Wildman–Crippen MR) is 94.7 cm³/mol. The van der Waals surface area contributed by atoms with E-state index in [1.54, 1.807) is 17.2 Å². The Balaban J connectivity index is 1.83. The Labute approximate surface area is 149 Å². The first-order chi connectivity index (χ1) is 11.3. The lowest BCUT2D eigenvalue weighted by atomic mass is 10.3. The fourth-order valence-electron chi connectivity index (χ4n) is 2.60. The van der Waals surface area contributed by atoms with Crippen molar-refractivity contribution in [2.75, 3.05) is 32.7 Å². The Bertz CT molecular complexity index is 651. The highest BCUT2D eigenvalue weighted by atomic mass is 79.9. The standard InChI is InChI=1S/C16H23BrN4O3/c1-12(2)18-14(22)10-19-5-7-20(8-6-19)16(24)11-21-9-13(17)3-4-15(21)23/h3-4,9,12H,5-8,10-11H2,1-2H3,(H,18,22). The van der Waals surface area contributed by atoms with Crippen molar-refractivity contribution in [2.45, 2.75) is 26.4 Å². The van der Waals surface area contributed by atoms with Gasteiger partial charge in [-0.05, 0) is 35.8 Å². The molecule has 2 amide bonds. The molecule has 1 fully saturated rings. The molecule has 0 unspecified atom stereocenters. The molecule has 0 bridgehead atoms. The highest BCUT2D eigenvalue weighted by Crippen LogP contribution is 2.06. The highest BCUT2D eigenvalue weighted by Gasteiger charge is 2.22. The first-order valence-corrected chi connectivity index (χ1v) is 8.80. The molecular formula is C16H23BrN4O3. The van der Waals surface area contributed by atoms with E-state index < -0.39 is 0 Å². The Morgan fingerprint density at radius 1 is 1.17 bits per heavy atom. The van der Waals surface area contributed by atoms with Crippen LogP contribution < -0.4 is 10.9 Å². The molecule has 0 aliphatic carbocycles. The zero-order valence-corrected chi connectivity index (χ0v) is 15.6. The zero-order valence-electron chi connectivity index (χ0n) is 14.0. The predicted octanol–water partition coefficient (Wildman–Crippen LogP) is 0.280. The van der Waals surface area contributed by atoms with Gasteiger partial charge in [-0.1, -0.05) is 0 Å². The van der Waals surface area contributed by atoms with Crippen molar-refractivity contribution in [2.24, 2.45) is 0 Å². The third kappa shape index (κ3) is 5.45.